The van der Waals surface area contributed by atoms with Crippen LogP contribution in [0.5, 0.6) is 0 Å². The van der Waals surface area contributed by atoms with Gasteiger partial charge in [-0.15, -0.1) is 0 Å². The van der Waals surface area contributed by atoms with E-state index in [0.717, 1.165) is 12.8 Å². The minimum atomic E-state index is -0.240. The van der Waals surface area contributed by atoms with E-state index in [2.05, 4.69) is 6.07 Å². The molecule has 6 heteroatoms. The number of hydrogen-bond donors (Lipinski definition) is 0. The summed E-state index contributed by atoms with van der Waals surface area (Å²) in [6.07, 6.45) is 1.67. The molecule has 1 fully saturated rings. The van der Waals surface area contributed by atoms with Crippen LogP contribution in [0.15, 0.2) is 47.3 Å². The Kier molecular flexibility index (Phi) is 3.01. The number of nitriles is 1. The van der Waals surface area contributed by atoms with Crippen molar-refractivity contribution in [2.75, 3.05) is 6.54 Å². The van der Waals surface area contributed by atoms with E-state index in [1.807, 2.05) is 11.0 Å². The molecular formula is C20H14N4O2. The third-order valence-corrected chi connectivity index (χ3v) is 5.21. The third-order valence-electron chi connectivity index (χ3n) is 5.21. The minimum Gasteiger partial charge on any atom is -0.328 e. The molecule has 1 saturated heterocycles. The molecule has 1 atom stereocenters. The molecule has 1 aromatic heterocycles. The van der Waals surface area contributed by atoms with Crippen LogP contribution in [0, 0.1) is 11.3 Å². The van der Waals surface area contributed by atoms with Crippen molar-refractivity contribution in [3.05, 3.63) is 69.8 Å². The van der Waals surface area contributed by atoms with Crippen LogP contribution in [-0.2, 0) is 0 Å². The summed E-state index contributed by atoms with van der Waals surface area (Å²) in [4.78, 5) is 32.9. The van der Waals surface area contributed by atoms with Crippen LogP contribution in [0.1, 0.15) is 40.6 Å². The Morgan fingerprint density at radius 3 is 2.85 bits per heavy atom. The summed E-state index contributed by atoms with van der Waals surface area (Å²) in [5.74, 6) is 0.540. The monoisotopic (exact) mass is 342 g/mol. The van der Waals surface area contributed by atoms with Gasteiger partial charge in [0.1, 0.15) is 5.82 Å². The SMILES string of the molecule is N#Cc1ccc2nc3n(c(=O)c2c1)-c1ccccc1C(=O)N1CCC[C@@H]31. The highest BCUT2D eigenvalue weighted by atomic mass is 16.2. The van der Waals surface area contributed by atoms with Crippen molar-refractivity contribution < 1.29 is 4.79 Å². The lowest BCUT2D eigenvalue weighted by Crippen LogP contribution is -2.31. The molecule has 0 spiro atoms. The summed E-state index contributed by atoms with van der Waals surface area (Å²) in [6, 6.07) is 13.9. The van der Waals surface area contributed by atoms with Gasteiger partial charge in [0, 0.05) is 6.54 Å². The summed E-state index contributed by atoms with van der Waals surface area (Å²) in [5.41, 5.74) is 1.80. The number of aromatic nitrogens is 2. The van der Waals surface area contributed by atoms with Crippen molar-refractivity contribution in [3.63, 3.8) is 0 Å². The molecule has 0 radical (unpaired) electrons. The van der Waals surface area contributed by atoms with E-state index >= 15 is 0 Å². The summed E-state index contributed by atoms with van der Waals surface area (Å²) in [7, 11) is 0. The van der Waals surface area contributed by atoms with Crippen LogP contribution < -0.4 is 5.56 Å². The van der Waals surface area contributed by atoms with Crippen molar-refractivity contribution >= 4 is 16.8 Å². The number of para-hydroxylation sites is 1. The summed E-state index contributed by atoms with van der Waals surface area (Å²) in [5, 5.41) is 9.55. The molecule has 5 rings (SSSR count). The van der Waals surface area contributed by atoms with E-state index < -0.39 is 0 Å². The van der Waals surface area contributed by atoms with E-state index in [1.165, 1.54) is 0 Å². The Balaban J connectivity index is 1.94. The second kappa shape index (κ2) is 5.27. The van der Waals surface area contributed by atoms with Gasteiger partial charge in [0.2, 0.25) is 0 Å². The van der Waals surface area contributed by atoms with E-state index in [0.29, 0.717) is 40.1 Å². The Hall–Kier alpha value is -3.46. The predicted octanol–water partition coefficient (Wildman–Crippen LogP) is 2.55. The van der Waals surface area contributed by atoms with Gasteiger partial charge in [-0.25, -0.2) is 4.98 Å². The molecule has 0 aliphatic carbocycles. The number of nitrogens with zero attached hydrogens (tertiary/aromatic N) is 4. The zero-order valence-electron chi connectivity index (χ0n) is 13.8. The van der Waals surface area contributed by atoms with Crippen LogP contribution in [0.3, 0.4) is 0 Å². The van der Waals surface area contributed by atoms with Crippen molar-refractivity contribution in [2.24, 2.45) is 0 Å². The first-order valence-corrected chi connectivity index (χ1v) is 8.56. The molecule has 6 nitrogen and oxygen atoms in total. The first kappa shape index (κ1) is 14.8. The van der Waals surface area contributed by atoms with E-state index in [-0.39, 0.29) is 17.5 Å². The number of amides is 1. The number of hydrogen-bond acceptors (Lipinski definition) is 4. The lowest BCUT2D eigenvalue weighted by molar-refractivity contribution is 0.0736. The average molecular weight is 342 g/mol. The molecule has 2 aromatic carbocycles. The standard InChI is InChI=1S/C20H14N4O2/c21-11-12-7-8-15-14(10-12)20(26)24-16-5-2-1-4-13(16)19(25)23-9-3-6-17(23)18(24)22-15/h1-2,4-5,7-8,10,17H,3,6,9H2/t17-/m0/s1. The van der Waals surface area contributed by atoms with Gasteiger partial charge in [-0.1, -0.05) is 12.1 Å². The van der Waals surface area contributed by atoms with Gasteiger partial charge < -0.3 is 4.90 Å². The van der Waals surface area contributed by atoms with Crippen LogP contribution in [0.25, 0.3) is 16.6 Å². The minimum absolute atomic E-state index is 0.0604. The molecule has 0 bridgehead atoms. The molecule has 126 valence electrons. The van der Waals surface area contributed by atoms with Crippen molar-refractivity contribution in [1.29, 1.82) is 5.26 Å². The first-order chi connectivity index (χ1) is 12.7. The summed E-state index contributed by atoms with van der Waals surface area (Å²) >= 11 is 0. The van der Waals surface area contributed by atoms with Gasteiger partial charge >= 0.3 is 0 Å². The van der Waals surface area contributed by atoms with Crippen molar-refractivity contribution in [2.45, 2.75) is 18.9 Å². The molecule has 3 aromatic rings. The van der Waals surface area contributed by atoms with Crippen LogP contribution in [-0.4, -0.2) is 26.9 Å². The van der Waals surface area contributed by atoms with Gasteiger partial charge in [-0.05, 0) is 43.2 Å². The predicted molar refractivity (Wildman–Crippen MR) is 95.1 cm³/mol. The highest BCUT2D eigenvalue weighted by Crippen LogP contribution is 2.37. The third kappa shape index (κ3) is 1.88. The Bertz CT molecular complexity index is 1190. The average Bonchev–Trinajstić information content (AvgIpc) is 3.13. The fourth-order valence-electron chi connectivity index (χ4n) is 4.01. The zero-order chi connectivity index (χ0) is 17.8. The Morgan fingerprint density at radius 1 is 1.15 bits per heavy atom. The highest BCUT2D eigenvalue weighted by molar-refractivity contribution is 5.99. The number of carbonyl (C=O) groups is 1. The van der Waals surface area contributed by atoms with E-state index in [9.17, 15) is 9.59 Å². The molecule has 0 unspecified atom stereocenters. The second-order valence-electron chi connectivity index (χ2n) is 6.63. The fourth-order valence-corrected chi connectivity index (χ4v) is 4.01. The molecule has 3 heterocycles. The molecule has 0 N–H and O–H groups in total. The van der Waals surface area contributed by atoms with Crippen LogP contribution in [0.4, 0.5) is 0 Å². The van der Waals surface area contributed by atoms with Gasteiger partial charge in [0.05, 0.1) is 39.8 Å². The molecule has 1 amide bonds. The lowest BCUT2D eigenvalue weighted by Gasteiger charge is -2.22. The van der Waals surface area contributed by atoms with Crippen molar-refractivity contribution in [1.82, 2.24) is 14.5 Å². The smallest absolute Gasteiger partial charge is 0.266 e. The lowest BCUT2D eigenvalue weighted by atomic mass is 10.1. The topological polar surface area (TPSA) is 79.0 Å². The van der Waals surface area contributed by atoms with Gasteiger partial charge in [0.25, 0.3) is 11.5 Å². The van der Waals surface area contributed by atoms with E-state index in [4.69, 9.17) is 10.2 Å². The molecule has 2 aliphatic heterocycles. The normalized spacial score (nSPS) is 18.0. The van der Waals surface area contributed by atoms with E-state index in [1.54, 1.807) is 41.0 Å². The molecule has 26 heavy (non-hydrogen) atoms. The Morgan fingerprint density at radius 2 is 2.00 bits per heavy atom. The molecule has 0 saturated carbocycles. The van der Waals surface area contributed by atoms with Crippen molar-refractivity contribution in [3.8, 4) is 11.8 Å². The number of fused-ring (bicyclic) bond motifs is 6. The molecular weight excluding hydrogens is 328 g/mol. The largest absolute Gasteiger partial charge is 0.328 e. The van der Waals surface area contributed by atoms with Gasteiger partial charge in [-0.2, -0.15) is 5.26 Å². The first-order valence-electron chi connectivity index (χ1n) is 8.56. The number of benzene rings is 2. The van der Waals surface area contributed by atoms with Crippen LogP contribution >= 0.6 is 0 Å². The quantitative estimate of drug-likeness (QED) is 0.629. The highest BCUT2D eigenvalue weighted by Gasteiger charge is 2.38. The summed E-state index contributed by atoms with van der Waals surface area (Å²) < 4.78 is 1.56. The maximum atomic E-state index is 13.3. The second-order valence-corrected chi connectivity index (χ2v) is 6.63. The summed E-state index contributed by atoms with van der Waals surface area (Å²) in [6.45, 7) is 0.666. The van der Waals surface area contributed by atoms with Crippen LogP contribution in [0.2, 0.25) is 0 Å². The Labute approximate surface area is 148 Å². The molecule has 2 aliphatic rings. The number of rotatable bonds is 0. The zero-order valence-corrected chi connectivity index (χ0v) is 13.8. The van der Waals surface area contributed by atoms with Gasteiger partial charge in [0.15, 0.2) is 0 Å². The van der Waals surface area contributed by atoms with Gasteiger partial charge in [-0.3, -0.25) is 14.2 Å². The maximum Gasteiger partial charge on any atom is 0.266 e. The number of carbonyl (C=O) groups excluding carboxylic acids is 1. The maximum absolute atomic E-state index is 13.3. The fraction of sp³-hybridized carbons (Fsp3) is 0.200.